The molecule has 3 rings (SSSR count). The molecule has 0 radical (unpaired) electrons. The van der Waals surface area contributed by atoms with Crippen molar-refractivity contribution in [2.75, 3.05) is 12.4 Å². The molecule has 1 unspecified atom stereocenters. The highest BCUT2D eigenvalue weighted by atomic mass is 32.2. The maximum atomic E-state index is 6.00. The summed E-state index contributed by atoms with van der Waals surface area (Å²) < 4.78 is 6.00. The summed E-state index contributed by atoms with van der Waals surface area (Å²) in [4.78, 5) is 1.41. The molecule has 19 heavy (non-hydrogen) atoms. The van der Waals surface area contributed by atoms with Gasteiger partial charge in [-0.2, -0.15) is 0 Å². The zero-order chi connectivity index (χ0) is 13.2. The fraction of sp³-hybridized carbons (Fsp3) is 0.294. The van der Waals surface area contributed by atoms with E-state index in [2.05, 4.69) is 56.3 Å². The van der Waals surface area contributed by atoms with Crippen LogP contribution in [0.15, 0.2) is 47.4 Å². The molecule has 0 fully saturated rings. The monoisotopic (exact) mass is 270 g/mol. The molecule has 0 saturated heterocycles. The van der Waals surface area contributed by atoms with E-state index < -0.39 is 0 Å². The molecule has 0 aromatic heterocycles. The Balaban J connectivity index is 1.70. The van der Waals surface area contributed by atoms with Crippen molar-refractivity contribution in [2.24, 2.45) is 0 Å². The normalized spacial score (nSPS) is 17.3. The van der Waals surface area contributed by atoms with Crippen molar-refractivity contribution < 1.29 is 4.74 Å². The molecule has 0 amide bonds. The molecule has 1 heterocycles. The minimum absolute atomic E-state index is 0.516. The van der Waals surface area contributed by atoms with Crippen molar-refractivity contribution in [2.45, 2.75) is 24.7 Å². The molecule has 2 heteroatoms. The van der Waals surface area contributed by atoms with Crippen LogP contribution in [0.25, 0.3) is 0 Å². The Morgan fingerprint density at radius 3 is 2.63 bits per heavy atom. The largest absolute Gasteiger partial charge is 0.493 e. The van der Waals surface area contributed by atoms with E-state index in [4.69, 9.17) is 4.74 Å². The molecule has 0 aliphatic carbocycles. The van der Waals surface area contributed by atoms with E-state index in [1.54, 1.807) is 0 Å². The van der Waals surface area contributed by atoms with Crippen molar-refractivity contribution >= 4 is 11.8 Å². The van der Waals surface area contributed by atoms with Crippen molar-refractivity contribution in [1.82, 2.24) is 0 Å². The summed E-state index contributed by atoms with van der Waals surface area (Å²) in [5.74, 6) is 2.64. The predicted molar refractivity (Wildman–Crippen MR) is 81.3 cm³/mol. The van der Waals surface area contributed by atoms with Gasteiger partial charge in [-0.3, -0.25) is 0 Å². The number of aryl methyl sites for hydroxylation is 2. The Labute approximate surface area is 119 Å². The topological polar surface area (TPSA) is 9.23 Å². The van der Waals surface area contributed by atoms with Gasteiger partial charge in [-0.1, -0.05) is 24.3 Å². The number of fused-ring (bicyclic) bond motifs is 1. The number of hydrogen-bond donors (Lipinski definition) is 0. The quantitative estimate of drug-likeness (QED) is 0.808. The van der Waals surface area contributed by atoms with Crippen LogP contribution in [0.5, 0.6) is 5.75 Å². The molecule has 1 aliphatic heterocycles. The van der Waals surface area contributed by atoms with Gasteiger partial charge >= 0.3 is 0 Å². The molecule has 0 N–H and O–H groups in total. The van der Waals surface area contributed by atoms with Crippen LogP contribution in [-0.2, 0) is 0 Å². The van der Waals surface area contributed by atoms with E-state index in [1.807, 2.05) is 11.8 Å². The first-order valence-electron chi connectivity index (χ1n) is 6.65. The maximum Gasteiger partial charge on any atom is 0.119 e. The van der Waals surface area contributed by atoms with Gasteiger partial charge in [0.05, 0.1) is 6.61 Å². The van der Waals surface area contributed by atoms with Crippen LogP contribution in [0, 0.1) is 13.8 Å². The summed E-state index contributed by atoms with van der Waals surface area (Å²) in [6, 6.07) is 15.1. The first kappa shape index (κ1) is 12.6. The van der Waals surface area contributed by atoms with Crippen LogP contribution in [0.4, 0.5) is 0 Å². The van der Waals surface area contributed by atoms with E-state index in [9.17, 15) is 0 Å². The number of hydrogen-bond acceptors (Lipinski definition) is 2. The highest BCUT2D eigenvalue weighted by molar-refractivity contribution is 7.99. The van der Waals surface area contributed by atoms with Gasteiger partial charge in [0.1, 0.15) is 5.75 Å². The second kappa shape index (κ2) is 5.30. The summed E-state index contributed by atoms with van der Waals surface area (Å²) in [7, 11) is 0. The van der Waals surface area contributed by atoms with Gasteiger partial charge in [0.2, 0.25) is 0 Å². The van der Waals surface area contributed by atoms with E-state index in [0.29, 0.717) is 5.92 Å². The molecule has 2 aromatic rings. The summed E-state index contributed by atoms with van der Waals surface area (Å²) in [6.07, 6.45) is 0. The lowest BCUT2D eigenvalue weighted by molar-refractivity contribution is 0.297. The van der Waals surface area contributed by atoms with Gasteiger partial charge in [0, 0.05) is 16.6 Å². The molecule has 2 aromatic carbocycles. The van der Waals surface area contributed by atoms with Crippen molar-refractivity contribution in [3.05, 3.63) is 59.2 Å². The van der Waals surface area contributed by atoms with Crippen molar-refractivity contribution in [1.29, 1.82) is 0 Å². The Morgan fingerprint density at radius 1 is 1.11 bits per heavy atom. The van der Waals surface area contributed by atoms with Crippen molar-refractivity contribution in [3.63, 3.8) is 0 Å². The summed E-state index contributed by atoms with van der Waals surface area (Å²) >= 11 is 1.94. The third kappa shape index (κ3) is 2.79. The Bertz CT molecular complexity index is 571. The lowest BCUT2D eigenvalue weighted by Gasteiger charge is -2.13. The fourth-order valence-electron chi connectivity index (χ4n) is 2.58. The first-order chi connectivity index (χ1) is 9.22. The predicted octanol–water partition coefficient (Wildman–Crippen LogP) is 4.57. The lowest BCUT2D eigenvalue weighted by atomic mass is 10.0. The van der Waals surface area contributed by atoms with Crippen LogP contribution in [0.2, 0.25) is 0 Å². The Kier molecular flexibility index (Phi) is 3.52. The second-order valence-corrected chi connectivity index (χ2v) is 6.24. The average Bonchev–Trinajstić information content (AvgIpc) is 2.78. The molecule has 1 atom stereocenters. The third-order valence-corrected chi connectivity index (χ3v) is 4.70. The third-order valence-electron chi connectivity index (χ3n) is 3.45. The zero-order valence-electron chi connectivity index (χ0n) is 11.3. The lowest BCUT2D eigenvalue weighted by Crippen LogP contribution is -2.09. The molecule has 0 bridgehead atoms. The molecule has 0 spiro atoms. The first-order valence-corrected chi connectivity index (χ1v) is 7.64. The number of thioether (sulfide) groups is 1. The van der Waals surface area contributed by atoms with Crippen LogP contribution < -0.4 is 4.74 Å². The SMILES string of the molecule is Cc1cc(C)cc(OCC2CSc3ccccc32)c1. The standard InChI is InChI=1S/C17H18OS/c1-12-7-13(2)9-15(8-12)18-10-14-11-19-17-6-4-3-5-16(14)17/h3-9,14H,10-11H2,1-2H3. The highest BCUT2D eigenvalue weighted by Gasteiger charge is 2.23. The molecular formula is C17H18OS. The molecule has 0 saturated carbocycles. The van der Waals surface area contributed by atoms with Crippen LogP contribution in [0.1, 0.15) is 22.6 Å². The number of ether oxygens (including phenoxy) is 1. The fourth-order valence-corrected chi connectivity index (χ4v) is 3.81. The van der Waals surface area contributed by atoms with Gasteiger partial charge < -0.3 is 4.74 Å². The molecule has 98 valence electrons. The van der Waals surface area contributed by atoms with E-state index in [-0.39, 0.29) is 0 Å². The molecule has 1 aliphatic rings. The van der Waals surface area contributed by atoms with Gasteiger partial charge in [-0.05, 0) is 48.7 Å². The Hall–Kier alpha value is -1.41. The van der Waals surface area contributed by atoms with E-state index in [1.165, 1.54) is 21.6 Å². The minimum Gasteiger partial charge on any atom is -0.493 e. The van der Waals surface area contributed by atoms with Gasteiger partial charge in [-0.25, -0.2) is 0 Å². The van der Waals surface area contributed by atoms with Gasteiger partial charge in [0.25, 0.3) is 0 Å². The molecular weight excluding hydrogens is 252 g/mol. The highest BCUT2D eigenvalue weighted by Crippen LogP contribution is 2.39. The summed E-state index contributed by atoms with van der Waals surface area (Å²) in [5.41, 5.74) is 3.96. The molecule has 1 nitrogen and oxygen atoms in total. The van der Waals surface area contributed by atoms with E-state index in [0.717, 1.165) is 18.1 Å². The van der Waals surface area contributed by atoms with Crippen molar-refractivity contribution in [3.8, 4) is 5.75 Å². The second-order valence-electron chi connectivity index (χ2n) is 5.18. The number of rotatable bonds is 3. The van der Waals surface area contributed by atoms with Gasteiger partial charge in [0.15, 0.2) is 0 Å². The van der Waals surface area contributed by atoms with Gasteiger partial charge in [-0.15, -0.1) is 11.8 Å². The average molecular weight is 270 g/mol. The smallest absolute Gasteiger partial charge is 0.119 e. The van der Waals surface area contributed by atoms with E-state index >= 15 is 0 Å². The minimum atomic E-state index is 0.516. The number of benzene rings is 2. The van der Waals surface area contributed by atoms with Crippen LogP contribution in [0.3, 0.4) is 0 Å². The summed E-state index contributed by atoms with van der Waals surface area (Å²) in [5, 5.41) is 0. The van der Waals surface area contributed by atoms with Crippen LogP contribution in [-0.4, -0.2) is 12.4 Å². The Morgan fingerprint density at radius 2 is 1.84 bits per heavy atom. The zero-order valence-corrected chi connectivity index (χ0v) is 12.2. The maximum absolute atomic E-state index is 6.00. The summed E-state index contributed by atoms with van der Waals surface area (Å²) in [6.45, 7) is 4.99. The van der Waals surface area contributed by atoms with Crippen LogP contribution >= 0.6 is 11.8 Å².